The molecule has 0 aromatic carbocycles. The summed E-state index contributed by atoms with van der Waals surface area (Å²) < 4.78 is 0. The Bertz CT molecular complexity index is 154. The third-order valence-corrected chi connectivity index (χ3v) is 1.13. The molecule has 0 aromatic rings. The zero-order chi connectivity index (χ0) is 6.53. The molecule has 1 heteroatoms. The van der Waals surface area contributed by atoms with E-state index in [0.29, 0.717) is 0 Å². The van der Waals surface area contributed by atoms with Gasteiger partial charge in [0.1, 0.15) is 0 Å². The van der Waals surface area contributed by atoms with Gasteiger partial charge in [0.25, 0.3) is 0 Å². The normalized spacial score (nSPS) is 15.3. The van der Waals surface area contributed by atoms with Gasteiger partial charge in [-0.2, -0.15) is 0 Å². The van der Waals surface area contributed by atoms with Crippen molar-refractivity contribution in [3.8, 4) is 0 Å². The summed E-state index contributed by atoms with van der Waals surface area (Å²) in [6.45, 7) is 4.42. The molecule has 9 heavy (non-hydrogen) atoms. The van der Waals surface area contributed by atoms with Crippen LogP contribution in [-0.2, 0) is 0 Å². The minimum Gasteiger partial charge on any atom is -0.381 e. The fourth-order valence-electron chi connectivity index (χ4n) is 0.708. The lowest BCUT2D eigenvalue weighted by Gasteiger charge is -1.97. The monoisotopic (exact) mass is 120 g/mol. The van der Waals surface area contributed by atoms with Crippen LogP contribution in [0.2, 0.25) is 0 Å². The molecular formula is C8H10N. The van der Waals surface area contributed by atoms with Crippen LogP contribution in [0.15, 0.2) is 30.5 Å². The van der Waals surface area contributed by atoms with Gasteiger partial charge < -0.3 is 5.32 Å². The topological polar surface area (TPSA) is 12.0 Å². The lowest BCUT2D eigenvalue weighted by atomic mass is 10.4. The average molecular weight is 120 g/mol. The number of allylic oxidation sites excluding steroid dienone is 3. The van der Waals surface area contributed by atoms with E-state index in [-0.39, 0.29) is 0 Å². The van der Waals surface area contributed by atoms with E-state index >= 15 is 0 Å². The van der Waals surface area contributed by atoms with Gasteiger partial charge >= 0.3 is 0 Å². The highest BCUT2D eigenvalue weighted by Gasteiger charge is 1.92. The van der Waals surface area contributed by atoms with E-state index in [1.807, 2.05) is 12.2 Å². The van der Waals surface area contributed by atoms with Crippen molar-refractivity contribution < 1.29 is 0 Å². The highest BCUT2D eigenvalue weighted by Crippen LogP contribution is 2.02. The molecule has 0 aromatic heterocycles. The molecule has 0 fully saturated rings. The van der Waals surface area contributed by atoms with Gasteiger partial charge in [0.15, 0.2) is 0 Å². The molecule has 1 radical (unpaired) electrons. The van der Waals surface area contributed by atoms with Gasteiger partial charge in [-0.05, 0) is 18.6 Å². The summed E-state index contributed by atoms with van der Waals surface area (Å²) in [4.78, 5) is 0. The number of hydrogen-bond donors (Lipinski definition) is 1. The van der Waals surface area contributed by atoms with Crippen molar-refractivity contribution in [2.75, 3.05) is 6.54 Å². The minimum absolute atomic E-state index is 0.826. The molecule has 47 valence electrons. The maximum Gasteiger partial charge on any atom is 0.0378 e. The Kier molecular flexibility index (Phi) is 2.13. The Morgan fingerprint density at radius 3 is 3.33 bits per heavy atom. The summed E-state index contributed by atoms with van der Waals surface area (Å²) in [7, 11) is 0. The van der Waals surface area contributed by atoms with E-state index in [0.717, 1.165) is 18.7 Å². The molecule has 1 aliphatic carbocycles. The van der Waals surface area contributed by atoms with Crippen molar-refractivity contribution in [2.45, 2.75) is 6.42 Å². The minimum atomic E-state index is 0.826. The molecule has 0 amide bonds. The van der Waals surface area contributed by atoms with E-state index in [2.05, 4.69) is 24.0 Å². The van der Waals surface area contributed by atoms with Gasteiger partial charge in [0.05, 0.1) is 0 Å². The lowest BCUT2D eigenvalue weighted by Crippen LogP contribution is -2.09. The Balaban J connectivity index is 2.27. The first-order chi connectivity index (χ1) is 4.43. The van der Waals surface area contributed by atoms with Crippen LogP contribution in [0.4, 0.5) is 0 Å². The summed E-state index contributed by atoms with van der Waals surface area (Å²) in [6, 6.07) is 0. The van der Waals surface area contributed by atoms with Crippen molar-refractivity contribution >= 4 is 0 Å². The van der Waals surface area contributed by atoms with Gasteiger partial charge in [-0.15, -0.1) is 6.58 Å². The zero-order valence-electron chi connectivity index (χ0n) is 5.35. The van der Waals surface area contributed by atoms with E-state index < -0.39 is 0 Å². The van der Waals surface area contributed by atoms with Crippen LogP contribution in [0.3, 0.4) is 0 Å². The summed E-state index contributed by atoms with van der Waals surface area (Å²) >= 11 is 0. The molecule has 1 aliphatic rings. The van der Waals surface area contributed by atoms with Gasteiger partial charge in [0.2, 0.25) is 0 Å². The van der Waals surface area contributed by atoms with Crippen LogP contribution < -0.4 is 5.32 Å². The van der Waals surface area contributed by atoms with Crippen molar-refractivity contribution in [1.29, 1.82) is 0 Å². The van der Waals surface area contributed by atoms with Crippen LogP contribution in [-0.4, -0.2) is 6.54 Å². The number of nitrogens with one attached hydrogen (secondary N) is 1. The van der Waals surface area contributed by atoms with Gasteiger partial charge in [-0.3, -0.25) is 0 Å². The Labute approximate surface area is 55.8 Å². The first-order valence-corrected chi connectivity index (χ1v) is 3.05. The van der Waals surface area contributed by atoms with Crippen LogP contribution in [0.1, 0.15) is 6.42 Å². The Morgan fingerprint density at radius 2 is 2.78 bits per heavy atom. The molecule has 0 unspecified atom stereocenters. The molecule has 0 saturated carbocycles. The number of rotatable bonds is 3. The second-order valence-corrected chi connectivity index (χ2v) is 1.87. The third-order valence-electron chi connectivity index (χ3n) is 1.13. The quantitative estimate of drug-likeness (QED) is 0.555. The first kappa shape index (κ1) is 6.14. The maximum absolute atomic E-state index is 3.59. The molecule has 0 atom stereocenters. The van der Waals surface area contributed by atoms with Crippen LogP contribution >= 0.6 is 0 Å². The maximum atomic E-state index is 3.59. The zero-order valence-corrected chi connectivity index (χ0v) is 5.35. The fraction of sp³-hybridized carbons (Fsp3) is 0.250. The van der Waals surface area contributed by atoms with Gasteiger partial charge in [0, 0.05) is 12.2 Å². The molecule has 1 nitrogen and oxygen atoms in total. The van der Waals surface area contributed by atoms with Gasteiger partial charge in [-0.25, -0.2) is 0 Å². The molecule has 0 heterocycles. The summed E-state index contributed by atoms with van der Waals surface area (Å²) in [5.74, 6) is 0. The molecule has 0 spiro atoms. The molecule has 1 rings (SSSR count). The van der Waals surface area contributed by atoms with Crippen molar-refractivity contribution in [1.82, 2.24) is 5.32 Å². The average Bonchev–Trinajstić information content (AvgIpc) is 2.34. The highest BCUT2D eigenvalue weighted by molar-refractivity contribution is 5.20. The van der Waals surface area contributed by atoms with Crippen molar-refractivity contribution in [2.24, 2.45) is 0 Å². The summed E-state index contributed by atoms with van der Waals surface area (Å²) in [5, 5.41) is 3.13. The molecule has 0 bridgehead atoms. The van der Waals surface area contributed by atoms with E-state index in [9.17, 15) is 0 Å². The second kappa shape index (κ2) is 3.13. The molecular weight excluding hydrogens is 110 g/mol. The van der Waals surface area contributed by atoms with Crippen LogP contribution in [0.5, 0.6) is 0 Å². The van der Waals surface area contributed by atoms with Crippen molar-refractivity contribution in [3.63, 3.8) is 0 Å². The Hall–Kier alpha value is -0.980. The predicted molar refractivity (Wildman–Crippen MR) is 38.7 cm³/mol. The van der Waals surface area contributed by atoms with Crippen LogP contribution in [0.25, 0.3) is 0 Å². The second-order valence-electron chi connectivity index (χ2n) is 1.87. The molecule has 1 N–H and O–H groups in total. The molecule has 0 aliphatic heterocycles. The van der Waals surface area contributed by atoms with Crippen LogP contribution in [0, 0.1) is 6.08 Å². The predicted octanol–water partition coefficient (Wildman–Crippen LogP) is 1.41. The van der Waals surface area contributed by atoms with Crippen molar-refractivity contribution in [3.05, 3.63) is 36.6 Å². The Morgan fingerprint density at radius 1 is 1.89 bits per heavy atom. The number of hydrogen-bond acceptors (Lipinski definition) is 1. The van der Waals surface area contributed by atoms with E-state index in [4.69, 9.17) is 0 Å². The van der Waals surface area contributed by atoms with Gasteiger partial charge in [-0.1, -0.05) is 12.2 Å². The summed E-state index contributed by atoms with van der Waals surface area (Å²) in [6.07, 6.45) is 10.0. The smallest absolute Gasteiger partial charge is 0.0378 e. The standard InChI is InChI=1S/C8H10N/c1-2-7-9-8-5-3-4-6-8/h2-3,5,9H,1,4,7H2. The third kappa shape index (κ3) is 1.76. The first-order valence-electron chi connectivity index (χ1n) is 3.05. The fourth-order valence-corrected chi connectivity index (χ4v) is 0.708. The SMILES string of the molecule is C=CCNC1=[C]CC=C1. The molecule has 0 saturated heterocycles. The summed E-state index contributed by atoms with van der Waals surface area (Å²) in [5.41, 5.74) is 1.09. The van der Waals surface area contributed by atoms with E-state index in [1.54, 1.807) is 0 Å². The lowest BCUT2D eigenvalue weighted by molar-refractivity contribution is 0.933. The van der Waals surface area contributed by atoms with E-state index in [1.165, 1.54) is 0 Å². The highest BCUT2D eigenvalue weighted by atomic mass is 14.9. The largest absolute Gasteiger partial charge is 0.381 e.